The molecule has 0 radical (unpaired) electrons. The first kappa shape index (κ1) is 10.0. The van der Waals surface area contributed by atoms with Crippen LogP contribution in [0.3, 0.4) is 0 Å². The van der Waals surface area contributed by atoms with Crippen molar-refractivity contribution in [3.8, 4) is 17.2 Å². The molecule has 0 unspecified atom stereocenters. The Hall–Kier alpha value is -2.15. The van der Waals surface area contributed by atoms with Crippen molar-refractivity contribution < 1.29 is 4.39 Å². The maximum absolute atomic E-state index is 13.3. The molecular weight excluding hydrogens is 217 g/mol. The van der Waals surface area contributed by atoms with Crippen LogP contribution < -0.4 is 0 Å². The third-order valence-electron chi connectivity index (χ3n) is 2.88. The van der Waals surface area contributed by atoms with Crippen molar-refractivity contribution in [2.75, 3.05) is 0 Å². The lowest BCUT2D eigenvalue weighted by atomic mass is 10.1. The molecular formula is C13H10FN3. The molecule has 1 aliphatic carbocycles. The van der Waals surface area contributed by atoms with Gasteiger partial charge in [0.1, 0.15) is 5.82 Å². The molecule has 0 atom stereocenters. The lowest BCUT2D eigenvalue weighted by Crippen LogP contribution is -1.92. The van der Waals surface area contributed by atoms with Gasteiger partial charge in [-0.2, -0.15) is 10.4 Å². The van der Waals surface area contributed by atoms with Gasteiger partial charge in [0.05, 0.1) is 23.9 Å². The Bertz CT molecular complexity index is 605. The van der Waals surface area contributed by atoms with E-state index in [-0.39, 0.29) is 0 Å². The molecule has 3 nitrogen and oxygen atoms in total. The van der Waals surface area contributed by atoms with Crippen molar-refractivity contribution in [2.24, 2.45) is 0 Å². The van der Waals surface area contributed by atoms with E-state index in [1.54, 1.807) is 12.3 Å². The Balaban J connectivity index is 2.01. The van der Waals surface area contributed by atoms with E-state index in [2.05, 4.69) is 5.10 Å². The van der Waals surface area contributed by atoms with Crippen molar-refractivity contribution in [3.63, 3.8) is 0 Å². The average molecular weight is 227 g/mol. The van der Waals surface area contributed by atoms with E-state index < -0.39 is 5.82 Å². The summed E-state index contributed by atoms with van der Waals surface area (Å²) in [6.07, 6.45) is 5.95. The molecule has 0 bridgehead atoms. The number of halogens is 1. The van der Waals surface area contributed by atoms with Gasteiger partial charge in [-0.25, -0.2) is 4.39 Å². The van der Waals surface area contributed by atoms with Crippen LogP contribution in [0.2, 0.25) is 0 Å². The van der Waals surface area contributed by atoms with Gasteiger partial charge in [-0.05, 0) is 36.6 Å². The molecule has 3 rings (SSSR count). The van der Waals surface area contributed by atoms with Crippen LogP contribution in [0.25, 0.3) is 11.1 Å². The van der Waals surface area contributed by atoms with Crippen LogP contribution in [-0.4, -0.2) is 9.78 Å². The molecule has 2 aromatic rings. The Kier molecular flexibility index (Phi) is 2.19. The Morgan fingerprint density at radius 2 is 2.12 bits per heavy atom. The Morgan fingerprint density at radius 1 is 1.29 bits per heavy atom. The highest BCUT2D eigenvalue weighted by atomic mass is 19.1. The van der Waals surface area contributed by atoms with Crippen molar-refractivity contribution in [3.05, 3.63) is 42.0 Å². The quantitative estimate of drug-likeness (QED) is 0.791. The summed E-state index contributed by atoms with van der Waals surface area (Å²) in [5.74, 6) is -0.391. The summed E-state index contributed by atoms with van der Waals surface area (Å²) in [6.45, 7) is 0. The summed E-state index contributed by atoms with van der Waals surface area (Å²) in [6, 6.07) is 6.79. The first-order valence-electron chi connectivity index (χ1n) is 5.51. The molecule has 0 saturated heterocycles. The van der Waals surface area contributed by atoms with Crippen LogP contribution in [0.4, 0.5) is 4.39 Å². The highest BCUT2D eigenvalue weighted by Crippen LogP contribution is 2.35. The van der Waals surface area contributed by atoms with Crippen LogP contribution >= 0.6 is 0 Å². The fourth-order valence-electron chi connectivity index (χ4n) is 1.85. The number of aromatic nitrogens is 2. The lowest BCUT2D eigenvalue weighted by Gasteiger charge is -1.99. The number of nitriles is 1. The zero-order chi connectivity index (χ0) is 11.8. The van der Waals surface area contributed by atoms with Crippen LogP contribution in [-0.2, 0) is 0 Å². The fraction of sp³-hybridized carbons (Fsp3) is 0.231. The zero-order valence-corrected chi connectivity index (χ0v) is 9.10. The Morgan fingerprint density at radius 3 is 2.82 bits per heavy atom. The second-order valence-corrected chi connectivity index (χ2v) is 4.28. The van der Waals surface area contributed by atoms with Crippen molar-refractivity contribution in [1.29, 1.82) is 5.26 Å². The standard InChI is InChI=1S/C13H10FN3/c14-12-4-9(6-15)3-10(5-12)11-7-16-17(8-11)13-1-2-13/h3-5,7-8,13H,1-2H2. The number of nitrogens with zero attached hydrogens (tertiary/aromatic N) is 3. The lowest BCUT2D eigenvalue weighted by molar-refractivity contribution is 0.628. The first-order valence-corrected chi connectivity index (χ1v) is 5.51. The number of hydrogen-bond donors (Lipinski definition) is 0. The maximum Gasteiger partial charge on any atom is 0.125 e. The van der Waals surface area contributed by atoms with Gasteiger partial charge in [-0.15, -0.1) is 0 Å². The second kappa shape index (κ2) is 3.70. The third-order valence-corrected chi connectivity index (χ3v) is 2.88. The van der Waals surface area contributed by atoms with E-state index in [1.165, 1.54) is 12.1 Å². The molecule has 0 amide bonds. The minimum atomic E-state index is -0.391. The van der Waals surface area contributed by atoms with Crippen molar-refractivity contribution in [2.45, 2.75) is 18.9 Å². The monoisotopic (exact) mass is 227 g/mol. The molecule has 4 heteroatoms. The molecule has 1 fully saturated rings. The number of benzene rings is 1. The van der Waals surface area contributed by atoms with Gasteiger partial charge in [-0.1, -0.05) is 0 Å². The molecule has 17 heavy (non-hydrogen) atoms. The van der Waals surface area contributed by atoms with Gasteiger partial charge in [0, 0.05) is 11.8 Å². The van der Waals surface area contributed by atoms with Gasteiger partial charge < -0.3 is 0 Å². The predicted octanol–water partition coefficient (Wildman–Crippen LogP) is 2.90. The minimum absolute atomic E-state index is 0.333. The summed E-state index contributed by atoms with van der Waals surface area (Å²) < 4.78 is 15.2. The molecule has 1 aromatic carbocycles. The molecule has 1 aliphatic rings. The van der Waals surface area contributed by atoms with Gasteiger partial charge in [-0.3, -0.25) is 4.68 Å². The molecule has 0 N–H and O–H groups in total. The van der Waals surface area contributed by atoms with Gasteiger partial charge >= 0.3 is 0 Å². The molecule has 1 aromatic heterocycles. The largest absolute Gasteiger partial charge is 0.269 e. The average Bonchev–Trinajstić information content (AvgIpc) is 3.06. The van der Waals surface area contributed by atoms with E-state index >= 15 is 0 Å². The van der Waals surface area contributed by atoms with E-state index in [1.807, 2.05) is 16.9 Å². The van der Waals surface area contributed by atoms with Crippen molar-refractivity contribution >= 4 is 0 Å². The fourth-order valence-corrected chi connectivity index (χ4v) is 1.85. The summed E-state index contributed by atoms with van der Waals surface area (Å²) in [7, 11) is 0. The summed E-state index contributed by atoms with van der Waals surface area (Å²) in [4.78, 5) is 0. The predicted molar refractivity (Wildman–Crippen MR) is 60.6 cm³/mol. The van der Waals surface area contributed by atoms with E-state index in [4.69, 9.17) is 5.26 Å². The topological polar surface area (TPSA) is 41.6 Å². The van der Waals surface area contributed by atoms with Crippen LogP contribution in [0.1, 0.15) is 24.4 Å². The molecule has 84 valence electrons. The normalized spacial score (nSPS) is 14.6. The van der Waals surface area contributed by atoms with Gasteiger partial charge in [0.15, 0.2) is 0 Å². The maximum atomic E-state index is 13.3. The number of rotatable bonds is 2. The van der Waals surface area contributed by atoms with Crippen LogP contribution in [0.15, 0.2) is 30.6 Å². The zero-order valence-electron chi connectivity index (χ0n) is 9.10. The van der Waals surface area contributed by atoms with E-state index in [0.29, 0.717) is 17.2 Å². The Labute approximate surface area is 98.1 Å². The van der Waals surface area contributed by atoms with Crippen molar-refractivity contribution in [1.82, 2.24) is 9.78 Å². The first-order chi connectivity index (χ1) is 8.26. The van der Waals surface area contributed by atoms with E-state index in [0.717, 1.165) is 18.4 Å². The minimum Gasteiger partial charge on any atom is -0.269 e. The smallest absolute Gasteiger partial charge is 0.125 e. The second-order valence-electron chi connectivity index (χ2n) is 4.28. The highest BCUT2D eigenvalue weighted by Gasteiger charge is 2.24. The summed E-state index contributed by atoms with van der Waals surface area (Å²) in [5.41, 5.74) is 1.89. The number of hydrogen-bond acceptors (Lipinski definition) is 2. The van der Waals surface area contributed by atoms with Crippen LogP contribution in [0, 0.1) is 17.1 Å². The molecule has 0 aliphatic heterocycles. The summed E-state index contributed by atoms with van der Waals surface area (Å²) in [5, 5.41) is 13.1. The van der Waals surface area contributed by atoms with Crippen LogP contribution in [0.5, 0.6) is 0 Å². The SMILES string of the molecule is N#Cc1cc(F)cc(-c2cnn(C3CC3)c2)c1. The van der Waals surface area contributed by atoms with Gasteiger partial charge in [0.25, 0.3) is 0 Å². The molecule has 0 spiro atoms. The van der Waals surface area contributed by atoms with E-state index in [9.17, 15) is 4.39 Å². The molecule has 1 saturated carbocycles. The third kappa shape index (κ3) is 1.92. The van der Waals surface area contributed by atoms with Gasteiger partial charge in [0.2, 0.25) is 0 Å². The highest BCUT2D eigenvalue weighted by molar-refractivity contribution is 5.63. The molecule has 1 heterocycles. The summed E-state index contributed by atoms with van der Waals surface area (Å²) >= 11 is 0.